The maximum absolute atomic E-state index is 12.8. The van der Waals surface area contributed by atoms with Crippen molar-refractivity contribution in [2.75, 3.05) is 11.9 Å². The van der Waals surface area contributed by atoms with Crippen LogP contribution < -0.4 is 5.32 Å². The summed E-state index contributed by atoms with van der Waals surface area (Å²) in [4.78, 5) is 13.8. The van der Waals surface area contributed by atoms with Crippen molar-refractivity contribution in [1.29, 1.82) is 0 Å². The molecule has 0 aliphatic heterocycles. The summed E-state index contributed by atoms with van der Waals surface area (Å²) in [6.45, 7) is 7.62. The highest BCUT2D eigenvalue weighted by molar-refractivity contribution is 5.76. The highest BCUT2D eigenvalue weighted by Crippen LogP contribution is 2.32. The summed E-state index contributed by atoms with van der Waals surface area (Å²) in [6.07, 6.45) is -4.89. The number of carbonyl (C=O) groups excluding carboxylic acids is 1. The molecule has 0 radical (unpaired) electrons. The first-order valence-electron chi connectivity index (χ1n) is 10.3. The number of para-hydroxylation sites is 1. The number of rotatable bonds is 6. The van der Waals surface area contributed by atoms with E-state index in [1.165, 1.54) is 17.0 Å². The number of aromatic nitrogens is 2. The predicted molar refractivity (Wildman–Crippen MR) is 117 cm³/mol. The average Bonchev–Trinajstić information content (AvgIpc) is 3.19. The lowest BCUT2D eigenvalue weighted by atomic mass is 10.1. The zero-order valence-electron chi connectivity index (χ0n) is 18.7. The van der Waals surface area contributed by atoms with Gasteiger partial charge in [0.25, 0.3) is 0 Å². The monoisotopic (exact) mass is 462 g/mol. The van der Waals surface area contributed by atoms with E-state index >= 15 is 0 Å². The molecular weight excluding hydrogens is 437 g/mol. The van der Waals surface area contributed by atoms with Crippen LogP contribution in [-0.2, 0) is 17.5 Å². The third kappa shape index (κ3) is 6.47. The van der Waals surface area contributed by atoms with Crippen molar-refractivity contribution in [3.05, 3.63) is 60.0 Å². The van der Waals surface area contributed by atoms with Gasteiger partial charge in [-0.05, 0) is 64.1 Å². The predicted octanol–water partition coefficient (Wildman–Crippen LogP) is 6.26. The number of amides is 1. The van der Waals surface area contributed by atoms with Crippen LogP contribution in [0.3, 0.4) is 0 Å². The molecule has 33 heavy (non-hydrogen) atoms. The Kier molecular flexibility index (Phi) is 6.95. The Morgan fingerprint density at radius 1 is 1.06 bits per heavy atom. The van der Waals surface area contributed by atoms with E-state index in [-0.39, 0.29) is 18.3 Å². The van der Waals surface area contributed by atoms with Crippen molar-refractivity contribution in [2.45, 2.75) is 46.0 Å². The number of hydrogen-bond donors (Lipinski definition) is 1. The summed E-state index contributed by atoms with van der Waals surface area (Å²) >= 11 is 0. The largest absolute Gasteiger partial charge is 0.444 e. The zero-order chi connectivity index (χ0) is 24.2. The normalized spacial score (nSPS) is 11.8. The summed E-state index contributed by atoms with van der Waals surface area (Å²) < 4.78 is 49.6. The lowest BCUT2D eigenvalue weighted by molar-refractivity contribution is -0.137. The van der Waals surface area contributed by atoms with E-state index in [0.717, 1.165) is 12.1 Å². The maximum Gasteiger partial charge on any atom is 0.416 e. The van der Waals surface area contributed by atoms with Gasteiger partial charge in [-0.3, -0.25) is 4.90 Å². The summed E-state index contributed by atoms with van der Waals surface area (Å²) in [7, 11) is 0. The van der Waals surface area contributed by atoms with Crippen LogP contribution >= 0.6 is 0 Å². The van der Waals surface area contributed by atoms with E-state index in [1.54, 1.807) is 45.0 Å². The first kappa shape index (κ1) is 24.1. The van der Waals surface area contributed by atoms with E-state index in [4.69, 9.17) is 9.15 Å². The topological polar surface area (TPSA) is 80.5 Å². The lowest BCUT2D eigenvalue weighted by Crippen LogP contribution is -2.36. The Hall–Kier alpha value is -3.56. The van der Waals surface area contributed by atoms with Crippen LogP contribution in [0.25, 0.3) is 11.5 Å². The first-order valence-corrected chi connectivity index (χ1v) is 10.3. The minimum absolute atomic E-state index is 0.0763. The molecule has 3 rings (SSSR count). The van der Waals surface area contributed by atoms with E-state index in [1.807, 2.05) is 6.92 Å². The van der Waals surface area contributed by atoms with Crippen LogP contribution in [0, 0.1) is 0 Å². The number of halogens is 3. The van der Waals surface area contributed by atoms with Crippen molar-refractivity contribution in [3.63, 3.8) is 0 Å². The summed E-state index contributed by atoms with van der Waals surface area (Å²) in [5.41, 5.74) is 0.252. The molecule has 1 N–H and O–H groups in total. The van der Waals surface area contributed by atoms with Crippen molar-refractivity contribution in [3.8, 4) is 11.5 Å². The highest BCUT2D eigenvalue weighted by Gasteiger charge is 2.30. The molecule has 0 saturated heterocycles. The molecule has 2 aromatic carbocycles. The minimum atomic E-state index is -4.40. The lowest BCUT2D eigenvalue weighted by Gasteiger charge is -2.25. The van der Waals surface area contributed by atoms with Gasteiger partial charge in [0, 0.05) is 12.2 Å². The van der Waals surface area contributed by atoms with Gasteiger partial charge in [-0.2, -0.15) is 13.2 Å². The molecule has 7 nitrogen and oxygen atoms in total. The van der Waals surface area contributed by atoms with Crippen molar-refractivity contribution in [1.82, 2.24) is 15.1 Å². The Balaban J connectivity index is 1.77. The molecule has 1 aromatic heterocycles. The van der Waals surface area contributed by atoms with E-state index in [0.29, 0.717) is 23.5 Å². The summed E-state index contributed by atoms with van der Waals surface area (Å²) in [5, 5.41) is 11.2. The van der Waals surface area contributed by atoms with Crippen LogP contribution in [0.5, 0.6) is 0 Å². The van der Waals surface area contributed by atoms with Crippen LogP contribution in [0.2, 0.25) is 0 Å². The SMILES string of the molecule is CCN(Cc1nnc(-c2ccccc2Nc2ccc(C(F)(F)F)cc2)o1)C(=O)OC(C)(C)C. The number of carbonyl (C=O) groups is 1. The van der Waals surface area contributed by atoms with Crippen LogP contribution in [0.4, 0.5) is 29.3 Å². The van der Waals surface area contributed by atoms with Gasteiger partial charge in [-0.15, -0.1) is 10.2 Å². The second-order valence-electron chi connectivity index (χ2n) is 8.24. The Morgan fingerprint density at radius 3 is 2.33 bits per heavy atom. The minimum Gasteiger partial charge on any atom is -0.444 e. The maximum atomic E-state index is 12.8. The fourth-order valence-electron chi connectivity index (χ4n) is 2.90. The van der Waals surface area contributed by atoms with Gasteiger partial charge in [-0.1, -0.05) is 12.1 Å². The van der Waals surface area contributed by atoms with Crippen LogP contribution in [0.15, 0.2) is 52.9 Å². The standard InChI is InChI=1S/C23H25F3N4O3/c1-5-30(21(31)33-22(2,3)4)14-19-28-29-20(32-19)17-8-6-7-9-18(17)27-16-12-10-15(11-13-16)23(24,25)26/h6-13,27H,5,14H2,1-4H3. The number of ether oxygens (including phenoxy) is 1. The van der Waals surface area contributed by atoms with E-state index < -0.39 is 23.4 Å². The second-order valence-corrected chi connectivity index (χ2v) is 8.24. The molecule has 0 unspecified atom stereocenters. The molecule has 10 heteroatoms. The smallest absolute Gasteiger partial charge is 0.416 e. The van der Waals surface area contributed by atoms with Gasteiger partial charge >= 0.3 is 12.3 Å². The molecule has 0 aliphatic carbocycles. The first-order chi connectivity index (χ1) is 15.5. The Morgan fingerprint density at radius 2 is 1.73 bits per heavy atom. The van der Waals surface area contributed by atoms with Gasteiger partial charge < -0.3 is 14.5 Å². The molecule has 0 atom stereocenters. The molecule has 176 valence electrons. The highest BCUT2D eigenvalue weighted by atomic mass is 19.4. The number of anilines is 2. The quantitative estimate of drug-likeness (QED) is 0.466. The van der Waals surface area contributed by atoms with E-state index in [2.05, 4.69) is 15.5 Å². The van der Waals surface area contributed by atoms with Crippen LogP contribution in [0.1, 0.15) is 39.1 Å². The van der Waals surface area contributed by atoms with Gasteiger partial charge in [0.15, 0.2) is 0 Å². The number of alkyl halides is 3. The number of nitrogens with one attached hydrogen (secondary N) is 1. The van der Waals surface area contributed by atoms with Crippen molar-refractivity contribution >= 4 is 17.5 Å². The van der Waals surface area contributed by atoms with Crippen molar-refractivity contribution < 1.29 is 27.1 Å². The van der Waals surface area contributed by atoms with Crippen LogP contribution in [-0.4, -0.2) is 33.3 Å². The fraction of sp³-hybridized carbons (Fsp3) is 0.348. The van der Waals surface area contributed by atoms with Gasteiger partial charge in [0.05, 0.1) is 16.8 Å². The summed E-state index contributed by atoms with van der Waals surface area (Å²) in [6, 6.07) is 11.7. The molecular formula is C23H25F3N4O3. The Bertz CT molecular complexity index is 1090. The molecule has 0 saturated carbocycles. The average molecular weight is 462 g/mol. The molecule has 0 aliphatic rings. The zero-order valence-corrected chi connectivity index (χ0v) is 18.7. The molecule has 0 fully saturated rings. The Labute approximate surface area is 189 Å². The number of nitrogens with zero attached hydrogens (tertiary/aromatic N) is 3. The third-order valence-corrected chi connectivity index (χ3v) is 4.48. The third-order valence-electron chi connectivity index (χ3n) is 4.48. The number of hydrogen-bond acceptors (Lipinski definition) is 6. The van der Waals surface area contributed by atoms with Crippen molar-refractivity contribution in [2.24, 2.45) is 0 Å². The fourth-order valence-corrected chi connectivity index (χ4v) is 2.90. The van der Waals surface area contributed by atoms with Gasteiger partial charge in [0.1, 0.15) is 12.1 Å². The van der Waals surface area contributed by atoms with E-state index in [9.17, 15) is 18.0 Å². The molecule has 3 aromatic rings. The molecule has 0 bridgehead atoms. The molecule has 1 amide bonds. The second kappa shape index (κ2) is 9.51. The number of benzene rings is 2. The summed E-state index contributed by atoms with van der Waals surface area (Å²) in [5.74, 6) is 0.433. The molecule has 0 spiro atoms. The van der Waals surface area contributed by atoms with Gasteiger partial charge in [0.2, 0.25) is 11.8 Å². The van der Waals surface area contributed by atoms with Gasteiger partial charge in [-0.25, -0.2) is 4.79 Å². The molecule has 1 heterocycles.